The van der Waals surface area contributed by atoms with Crippen LogP contribution in [-0.4, -0.2) is 11.7 Å². The molecule has 2 nitrogen and oxygen atoms in total. The van der Waals surface area contributed by atoms with Crippen molar-refractivity contribution in [2.75, 3.05) is 6.61 Å². The minimum absolute atomic E-state index is 0.508. The minimum Gasteiger partial charge on any atom is -0.501 e. The molecular weight excluding hydrogens is 200 g/mol. The van der Waals surface area contributed by atoms with E-state index in [-0.39, 0.29) is 0 Å². The SMILES string of the molecule is CCc1ccc(C(O)C2=COCCC2)cc1. The van der Waals surface area contributed by atoms with Gasteiger partial charge in [-0.15, -0.1) is 0 Å². The van der Waals surface area contributed by atoms with Crippen LogP contribution in [0.1, 0.15) is 37.0 Å². The molecule has 1 heterocycles. The first-order chi connectivity index (χ1) is 7.81. The van der Waals surface area contributed by atoms with E-state index in [2.05, 4.69) is 19.1 Å². The molecule has 1 unspecified atom stereocenters. The van der Waals surface area contributed by atoms with Crippen molar-refractivity contribution in [1.82, 2.24) is 0 Å². The fourth-order valence-corrected chi connectivity index (χ4v) is 1.94. The molecule has 0 fully saturated rings. The van der Waals surface area contributed by atoms with E-state index in [0.717, 1.165) is 37.0 Å². The summed E-state index contributed by atoms with van der Waals surface area (Å²) in [7, 11) is 0. The van der Waals surface area contributed by atoms with Crippen molar-refractivity contribution in [2.24, 2.45) is 0 Å². The Hall–Kier alpha value is -1.28. The smallest absolute Gasteiger partial charge is 0.103 e. The van der Waals surface area contributed by atoms with E-state index in [0.29, 0.717) is 0 Å². The number of benzene rings is 1. The third kappa shape index (κ3) is 2.45. The lowest BCUT2D eigenvalue weighted by Gasteiger charge is -2.19. The van der Waals surface area contributed by atoms with Crippen LogP contribution in [0.3, 0.4) is 0 Å². The molecule has 0 radical (unpaired) electrons. The molecule has 1 aliphatic rings. The van der Waals surface area contributed by atoms with Gasteiger partial charge in [0, 0.05) is 0 Å². The molecule has 1 N–H and O–H groups in total. The Morgan fingerprint density at radius 3 is 2.62 bits per heavy atom. The molecule has 2 heteroatoms. The Balaban J connectivity index is 2.13. The van der Waals surface area contributed by atoms with Crippen molar-refractivity contribution >= 4 is 0 Å². The van der Waals surface area contributed by atoms with E-state index in [1.165, 1.54) is 5.56 Å². The molecule has 0 aromatic heterocycles. The molecular formula is C14H18O2. The normalized spacial score (nSPS) is 17.5. The Morgan fingerprint density at radius 2 is 2.06 bits per heavy atom. The molecule has 86 valence electrons. The maximum atomic E-state index is 10.2. The van der Waals surface area contributed by atoms with E-state index in [9.17, 15) is 5.11 Å². The summed E-state index contributed by atoms with van der Waals surface area (Å²) in [6, 6.07) is 8.14. The van der Waals surface area contributed by atoms with Crippen molar-refractivity contribution in [1.29, 1.82) is 0 Å². The van der Waals surface area contributed by atoms with Gasteiger partial charge in [0.1, 0.15) is 6.10 Å². The van der Waals surface area contributed by atoms with Crippen LogP contribution >= 0.6 is 0 Å². The van der Waals surface area contributed by atoms with Crippen LogP contribution < -0.4 is 0 Å². The van der Waals surface area contributed by atoms with Crippen LogP contribution in [0.25, 0.3) is 0 Å². The van der Waals surface area contributed by atoms with E-state index < -0.39 is 6.10 Å². The zero-order chi connectivity index (χ0) is 11.4. The number of aliphatic hydroxyl groups excluding tert-OH is 1. The maximum Gasteiger partial charge on any atom is 0.103 e. The molecule has 1 aromatic carbocycles. The van der Waals surface area contributed by atoms with Gasteiger partial charge in [0.05, 0.1) is 12.9 Å². The third-order valence-corrected chi connectivity index (χ3v) is 3.02. The van der Waals surface area contributed by atoms with Gasteiger partial charge in [-0.05, 0) is 36.0 Å². The Morgan fingerprint density at radius 1 is 1.31 bits per heavy atom. The average molecular weight is 218 g/mol. The van der Waals surface area contributed by atoms with Crippen molar-refractivity contribution in [3.63, 3.8) is 0 Å². The number of ether oxygens (including phenoxy) is 1. The van der Waals surface area contributed by atoms with Crippen LogP contribution in [-0.2, 0) is 11.2 Å². The molecule has 0 spiro atoms. The van der Waals surface area contributed by atoms with Gasteiger partial charge in [0.2, 0.25) is 0 Å². The summed E-state index contributed by atoms with van der Waals surface area (Å²) in [6.07, 6.45) is 4.16. The standard InChI is InChI=1S/C14H18O2/c1-2-11-5-7-12(8-6-11)14(15)13-4-3-9-16-10-13/h5-8,10,14-15H,2-4,9H2,1H3. The summed E-state index contributed by atoms with van der Waals surface area (Å²) >= 11 is 0. The molecule has 0 saturated carbocycles. The van der Waals surface area contributed by atoms with Crippen LogP contribution in [0.15, 0.2) is 36.1 Å². The number of rotatable bonds is 3. The van der Waals surface area contributed by atoms with Crippen LogP contribution in [0, 0.1) is 0 Å². The highest BCUT2D eigenvalue weighted by atomic mass is 16.5. The first kappa shape index (κ1) is 11.2. The Bertz CT molecular complexity index is 365. The predicted molar refractivity (Wildman–Crippen MR) is 64.0 cm³/mol. The largest absolute Gasteiger partial charge is 0.501 e. The van der Waals surface area contributed by atoms with Crippen LogP contribution in [0.4, 0.5) is 0 Å². The molecule has 0 saturated heterocycles. The summed E-state index contributed by atoms with van der Waals surface area (Å²) < 4.78 is 5.25. The van der Waals surface area contributed by atoms with Gasteiger partial charge >= 0.3 is 0 Å². The van der Waals surface area contributed by atoms with Crippen LogP contribution in [0.2, 0.25) is 0 Å². The zero-order valence-corrected chi connectivity index (χ0v) is 9.65. The summed E-state index contributed by atoms with van der Waals surface area (Å²) in [5.41, 5.74) is 3.23. The van der Waals surface area contributed by atoms with Crippen molar-refractivity contribution in [2.45, 2.75) is 32.3 Å². The van der Waals surface area contributed by atoms with E-state index >= 15 is 0 Å². The first-order valence-corrected chi connectivity index (χ1v) is 5.88. The van der Waals surface area contributed by atoms with Gasteiger partial charge in [-0.25, -0.2) is 0 Å². The molecule has 0 aliphatic carbocycles. The second kappa shape index (κ2) is 5.17. The van der Waals surface area contributed by atoms with Crippen molar-refractivity contribution in [3.8, 4) is 0 Å². The molecule has 1 atom stereocenters. The molecule has 2 rings (SSSR count). The fraction of sp³-hybridized carbons (Fsp3) is 0.429. The monoisotopic (exact) mass is 218 g/mol. The van der Waals surface area contributed by atoms with E-state index in [1.54, 1.807) is 6.26 Å². The molecule has 16 heavy (non-hydrogen) atoms. The summed E-state index contributed by atoms with van der Waals surface area (Å²) in [5, 5.41) is 10.2. The highest BCUT2D eigenvalue weighted by Gasteiger charge is 2.15. The second-order valence-electron chi connectivity index (χ2n) is 4.16. The Labute approximate surface area is 96.6 Å². The summed E-state index contributed by atoms with van der Waals surface area (Å²) in [6.45, 7) is 2.90. The van der Waals surface area contributed by atoms with Gasteiger partial charge in [-0.3, -0.25) is 0 Å². The predicted octanol–water partition coefficient (Wildman–Crippen LogP) is 2.98. The van der Waals surface area contributed by atoms with E-state index in [4.69, 9.17) is 4.74 Å². The first-order valence-electron chi connectivity index (χ1n) is 5.88. The molecule has 1 aromatic rings. The second-order valence-corrected chi connectivity index (χ2v) is 4.16. The summed E-state index contributed by atoms with van der Waals surface area (Å²) in [4.78, 5) is 0. The summed E-state index contributed by atoms with van der Waals surface area (Å²) in [5.74, 6) is 0. The maximum absolute atomic E-state index is 10.2. The Kier molecular flexibility index (Phi) is 3.62. The number of hydrogen-bond acceptors (Lipinski definition) is 2. The third-order valence-electron chi connectivity index (χ3n) is 3.02. The van der Waals surface area contributed by atoms with Crippen molar-refractivity contribution < 1.29 is 9.84 Å². The van der Waals surface area contributed by atoms with Gasteiger partial charge in [-0.2, -0.15) is 0 Å². The van der Waals surface area contributed by atoms with Gasteiger partial charge < -0.3 is 9.84 Å². The van der Waals surface area contributed by atoms with Crippen molar-refractivity contribution in [3.05, 3.63) is 47.2 Å². The minimum atomic E-state index is -0.508. The van der Waals surface area contributed by atoms with Gasteiger partial charge in [0.15, 0.2) is 0 Å². The lowest BCUT2D eigenvalue weighted by Crippen LogP contribution is -2.07. The fourth-order valence-electron chi connectivity index (χ4n) is 1.94. The number of hydrogen-bond donors (Lipinski definition) is 1. The van der Waals surface area contributed by atoms with Gasteiger partial charge in [0.25, 0.3) is 0 Å². The molecule has 1 aliphatic heterocycles. The topological polar surface area (TPSA) is 29.5 Å². The van der Waals surface area contributed by atoms with E-state index in [1.807, 2.05) is 12.1 Å². The molecule has 0 bridgehead atoms. The average Bonchev–Trinajstić information content (AvgIpc) is 2.39. The van der Waals surface area contributed by atoms with Gasteiger partial charge in [-0.1, -0.05) is 31.2 Å². The quantitative estimate of drug-likeness (QED) is 0.845. The molecule has 0 amide bonds. The number of aliphatic hydroxyl groups is 1. The van der Waals surface area contributed by atoms with Crippen LogP contribution in [0.5, 0.6) is 0 Å². The highest BCUT2D eigenvalue weighted by Crippen LogP contribution is 2.27. The lowest BCUT2D eigenvalue weighted by atomic mass is 9.97. The lowest BCUT2D eigenvalue weighted by molar-refractivity contribution is 0.170. The highest BCUT2D eigenvalue weighted by molar-refractivity contribution is 5.29. The zero-order valence-electron chi connectivity index (χ0n) is 9.65. The number of aryl methyl sites for hydroxylation is 1.